The van der Waals surface area contributed by atoms with E-state index < -0.39 is 9.84 Å². The van der Waals surface area contributed by atoms with Crippen molar-refractivity contribution in [1.82, 2.24) is 15.0 Å². The van der Waals surface area contributed by atoms with Gasteiger partial charge in [-0.05, 0) is 41.8 Å². The molecule has 0 bridgehead atoms. The molecule has 0 N–H and O–H groups in total. The monoisotopic (exact) mass is 461 g/mol. The average molecular weight is 462 g/mol. The first-order valence-corrected chi connectivity index (χ1v) is 12.1. The van der Waals surface area contributed by atoms with Crippen LogP contribution in [0.4, 0.5) is 0 Å². The van der Waals surface area contributed by atoms with E-state index in [-0.39, 0.29) is 30.4 Å². The molecule has 0 spiro atoms. The summed E-state index contributed by atoms with van der Waals surface area (Å²) < 4.78 is 29.6. The van der Waals surface area contributed by atoms with Gasteiger partial charge >= 0.3 is 0 Å². The van der Waals surface area contributed by atoms with Crippen molar-refractivity contribution in [2.45, 2.75) is 31.1 Å². The number of ketones is 1. The Bertz CT molecular complexity index is 1130. The van der Waals surface area contributed by atoms with Crippen LogP contribution in [0.15, 0.2) is 54.7 Å². The molecule has 0 saturated carbocycles. The Morgan fingerprint density at radius 1 is 1.10 bits per heavy atom. The fraction of sp³-hybridized carbons (Fsp3) is 0.318. The number of halogens is 1. The molecule has 3 rings (SSSR count). The molecule has 9 heteroatoms. The lowest BCUT2D eigenvalue weighted by Gasteiger charge is -2.14. The maximum atomic E-state index is 12.8. The average Bonchev–Trinajstić information content (AvgIpc) is 3.16. The molecule has 0 saturated heterocycles. The van der Waals surface area contributed by atoms with Crippen molar-refractivity contribution in [2.24, 2.45) is 0 Å². The Balaban J connectivity index is 1.79. The number of carbonyl (C=O) groups excluding carboxylic acids is 1. The second kappa shape index (κ2) is 10.1. The van der Waals surface area contributed by atoms with Crippen molar-refractivity contribution >= 4 is 27.2 Å². The highest BCUT2D eigenvalue weighted by atomic mass is 35.5. The summed E-state index contributed by atoms with van der Waals surface area (Å²) in [4.78, 5) is 12.8. The van der Waals surface area contributed by atoms with E-state index in [9.17, 15) is 13.2 Å². The molecule has 0 unspecified atom stereocenters. The van der Waals surface area contributed by atoms with Gasteiger partial charge in [-0.15, -0.1) is 5.10 Å². The lowest BCUT2D eigenvalue weighted by Crippen LogP contribution is -2.13. The van der Waals surface area contributed by atoms with Crippen LogP contribution in [-0.2, 0) is 33.4 Å². The first-order valence-electron chi connectivity index (χ1n) is 9.68. The first-order chi connectivity index (χ1) is 14.7. The van der Waals surface area contributed by atoms with E-state index >= 15 is 0 Å². The van der Waals surface area contributed by atoms with Gasteiger partial charge in [0.2, 0.25) is 0 Å². The van der Waals surface area contributed by atoms with Crippen LogP contribution in [0.5, 0.6) is 5.75 Å². The maximum absolute atomic E-state index is 12.8. The van der Waals surface area contributed by atoms with Crippen molar-refractivity contribution in [3.63, 3.8) is 0 Å². The molecule has 164 valence electrons. The third kappa shape index (κ3) is 7.18. The van der Waals surface area contributed by atoms with Crippen LogP contribution in [0.25, 0.3) is 0 Å². The number of carbonyl (C=O) groups is 1. The van der Waals surface area contributed by atoms with E-state index in [2.05, 4.69) is 10.3 Å². The lowest BCUT2D eigenvalue weighted by atomic mass is 9.90. The van der Waals surface area contributed by atoms with Gasteiger partial charge in [0, 0.05) is 36.2 Å². The molecule has 2 aromatic carbocycles. The highest BCUT2D eigenvalue weighted by Gasteiger charge is 2.21. The third-order valence-electron chi connectivity index (χ3n) is 4.77. The molecule has 31 heavy (non-hydrogen) atoms. The summed E-state index contributed by atoms with van der Waals surface area (Å²) in [5.41, 5.74) is 2.49. The number of hydrogen-bond donors (Lipinski definition) is 0. The van der Waals surface area contributed by atoms with Gasteiger partial charge in [-0.1, -0.05) is 41.1 Å². The molecule has 1 aromatic heterocycles. The second-order valence-corrected chi connectivity index (χ2v) is 10.1. The molecule has 3 aromatic rings. The zero-order valence-electron chi connectivity index (χ0n) is 17.4. The number of nitrogens with zero attached hydrogens (tertiary/aromatic N) is 3. The molecular weight excluding hydrogens is 438 g/mol. The predicted molar refractivity (Wildman–Crippen MR) is 119 cm³/mol. The van der Waals surface area contributed by atoms with Crippen molar-refractivity contribution in [1.29, 1.82) is 0 Å². The molecule has 0 aliphatic rings. The van der Waals surface area contributed by atoms with E-state index in [1.165, 1.54) is 4.68 Å². The smallest absolute Gasteiger partial charge is 0.167 e. The van der Waals surface area contributed by atoms with Crippen LogP contribution in [-0.4, -0.2) is 42.6 Å². The summed E-state index contributed by atoms with van der Waals surface area (Å²) in [7, 11) is -1.65. The molecule has 0 aliphatic carbocycles. The molecule has 0 fully saturated rings. The number of aromatic nitrogens is 3. The topological polar surface area (TPSA) is 91.2 Å². The van der Waals surface area contributed by atoms with Gasteiger partial charge in [0.25, 0.3) is 0 Å². The fourth-order valence-electron chi connectivity index (χ4n) is 3.31. The van der Waals surface area contributed by atoms with Crippen molar-refractivity contribution < 1.29 is 17.9 Å². The molecule has 1 atom stereocenters. The minimum atomic E-state index is -3.25. The zero-order chi connectivity index (χ0) is 22.4. The van der Waals surface area contributed by atoms with Gasteiger partial charge in [-0.25, -0.2) is 13.1 Å². The van der Waals surface area contributed by atoms with E-state index in [0.29, 0.717) is 17.1 Å². The van der Waals surface area contributed by atoms with Crippen molar-refractivity contribution in [2.75, 3.05) is 13.4 Å². The van der Waals surface area contributed by atoms with E-state index in [1.807, 2.05) is 36.4 Å². The van der Waals surface area contributed by atoms with Crippen molar-refractivity contribution in [3.8, 4) is 5.75 Å². The van der Waals surface area contributed by atoms with E-state index in [4.69, 9.17) is 16.3 Å². The quantitative estimate of drug-likeness (QED) is 0.459. The first kappa shape index (κ1) is 23.0. The van der Waals surface area contributed by atoms with Crippen LogP contribution in [0.3, 0.4) is 0 Å². The van der Waals surface area contributed by atoms with Crippen LogP contribution in [0.2, 0.25) is 5.02 Å². The predicted octanol–water partition coefficient (Wildman–Crippen LogP) is 3.47. The van der Waals surface area contributed by atoms with Crippen molar-refractivity contribution in [3.05, 3.63) is 76.6 Å². The highest BCUT2D eigenvalue weighted by Crippen LogP contribution is 2.25. The van der Waals surface area contributed by atoms with Crippen LogP contribution < -0.4 is 4.74 Å². The van der Waals surface area contributed by atoms with E-state index in [1.54, 1.807) is 25.4 Å². The second-order valence-electron chi connectivity index (χ2n) is 7.53. The molecule has 0 amide bonds. The summed E-state index contributed by atoms with van der Waals surface area (Å²) in [5.74, 6) is 0.312. The Morgan fingerprint density at radius 2 is 1.74 bits per heavy atom. The van der Waals surface area contributed by atoms with Gasteiger partial charge in [-0.3, -0.25) is 4.79 Å². The zero-order valence-corrected chi connectivity index (χ0v) is 18.9. The van der Waals surface area contributed by atoms with Gasteiger partial charge in [-0.2, -0.15) is 0 Å². The minimum Gasteiger partial charge on any atom is -0.497 e. The third-order valence-corrected chi connectivity index (χ3v) is 5.76. The Morgan fingerprint density at radius 3 is 2.35 bits per heavy atom. The van der Waals surface area contributed by atoms with E-state index in [0.717, 1.165) is 23.1 Å². The molecule has 0 radical (unpaired) electrons. The standard InChI is InChI=1S/C22H24ClN3O4S/c1-30-21-9-5-16(6-10-21)11-18(22-14-26(25-24-22)15-31(2,28)29)13-20(27)12-17-3-7-19(23)8-4-17/h3-10,14,18H,11-13,15H2,1-2H3/t18-/m1/s1. The highest BCUT2D eigenvalue weighted by molar-refractivity contribution is 7.89. The number of sulfone groups is 1. The number of methoxy groups -OCH3 is 1. The van der Waals surface area contributed by atoms with Crippen LogP contribution in [0.1, 0.15) is 29.2 Å². The summed E-state index contributed by atoms with van der Waals surface area (Å²) in [6.45, 7) is 0. The number of ether oxygens (including phenoxy) is 1. The van der Waals surface area contributed by atoms with Crippen LogP contribution in [0, 0.1) is 0 Å². The minimum absolute atomic E-state index is 0.0542. The SMILES string of the molecule is COc1ccc(C[C@H](CC(=O)Cc2ccc(Cl)cc2)c2cn(CS(C)(=O)=O)nn2)cc1. The Hall–Kier alpha value is -2.71. The number of rotatable bonds is 10. The molecular formula is C22H24ClN3O4S. The number of benzene rings is 2. The normalized spacial score (nSPS) is 12.5. The largest absolute Gasteiger partial charge is 0.497 e. The van der Waals surface area contributed by atoms with Crippen LogP contribution >= 0.6 is 11.6 Å². The molecule has 7 nitrogen and oxygen atoms in total. The summed E-state index contributed by atoms with van der Waals surface area (Å²) in [5, 5.41) is 8.71. The van der Waals surface area contributed by atoms with Gasteiger partial charge in [0.1, 0.15) is 17.4 Å². The maximum Gasteiger partial charge on any atom is 0.167 e. The fourth-order valence-corrected chi connectivity index (χ4v) is 4.04. The number of hydrogen-bond acceptors (Lipinski definition) is 6. The summed E-state index contributed by atoms with van der Waals surface area (Å²) in [6.07, 6.45) is 3.84. The summed E-state index contributed by atoms with van der Waals surface area (Å²) >= 11 is 5.92. The Labute approximate surface area is 186 Å². The van der Waals surface area contributed by atoms with Gasteiger partial charge in [0.05, 0.1) is 12.8 Å². The Kier molecular flexibility index (Phi) is 7.46. The van der Waals surface area contributed by atoms with Gasteiger partial charge in [0.15, 0.2) is 9.84 Å². The number of Topliss-reactive ketones (excluding diaryl/α,β-unsaturated/α-hetero) is 1. The summed E-state index contributed by atoms with van der Waals surface area (Å²) in [6, 6.07) is 14.8. The molecule has 1 heterocycles. The van der Waals surface area contributed by atoms with Gasteiger partial charge < -0.3 is 4.74 Å². The lowest BCUT2D eigenvalue weighted by molar-refractivity contribution is -0.118. The molecule has 0 aliphatic heterocycles.